The zero-order valence-electron chi connectivity index (χ0n) is 9.60. The number of amidine groups is 1. The first kappa shape index (κ1) is 13.1. The first-order valence-electron chi connectivity index (χ1n) is 5.23. The van der Waals surface area contributed by atoms with Crippen LogP contribution in [0.2, 0.25) is 0 Å². The smallest absolute Gasteiger partial charge is 0.122 e. The average molecular weight is 238 g/mol. The second-order valence-corrected chi connectivity index (χ2v) is 5.24. The fourth-order valence-corrected chi connectivity index (χ4v) is 2.11. The summed E-state index contributed by atoms with van der Waals surface area (Å²) in [4.78, 5) is 0. The van der Waals surface area contributed by atoms with E-state index in [1.54, 1.807) is 18.7 Å². The quantitative estimate of drug-likeness (QED) is 0.542. The predicted octanol–water partition coefficient (Wildman–Crippen LogP) is 1.97. The van der Waals surface area contributed by atoms with Gasteiger partial charge in [0.05, 0.1) is 6.10 Å². The van der Waals surface area contributed by atoms with E-state index in [9.17, 15) is 5.11 Å². The molecule has 0 aromatic heterocycles. The number of thioether (sulfide) groups is 1. The summed E-state index contributed by atoms with van der Waals surface area (Å²) >= 11 is 1.70. The molecule has 1 rings (SSSR count). The molecule has 0 bridgehead atoms. The van der Waals surface area contributed by atoms with Gasteiger partial charge < -0.3 is 10.8 Å². The standard InChI is InChI=1S/C12H18N2OS/c1-8(15)9(2)16-7-10-4-3-5-11(6-10)12(13)14/h3-6,8-9,15H,7H2,1-2H3,(H3,13,14). The maximum Gasteiger partial charge on any atom is 0.122 e. The lowest BCUT2D eigenvalue weighted by Gasteiger charge is -2.14. The van der Waals surface area contributed by atoms with Gasteiger partial charge in [0.1, 0.15) is 5.84 Å². The topological polar surface area (TPSA) is 70.1 Å². The fourth-order valence-electron chi connectivity index (χ4n) is 1.20. The molecule has 4 N–H and O–H groups in total. The van der Waals surface area contributed by atoms with Gasteiger partial charge in [-0.1, -0.05) is 25.1 Å². The van der Waals surface area contributed by atoms with Crippen molar-refractivity contribution in [1.82, 2.24) is 0 Å². The summed E-state index contributed by atoms with van der Waals surface area (Å²) in [5.41, 5.74) is 7.31. The Morgan fingerprint density at radius 3 is 2.75 bits per heavy atom. The van der Waals surface area contributed by atoms with Crippen LogP contribution in [0.4, 0.5) is 0 Å². The van der Waals surface area contributed by atoms with Gasteiger partial charge in [0.15, 0.2) is 0 Å². The summed E-state index contributed by atoms with van der Waals surface area (Å²) in [6.45, 7) is 3.80. The van der Waals surface area contributed by atoms with E-state index in [1.165, 1.54) is 0 Å². The molecule has 1 aromatic carbocycles. The Morgan fingerprint density at radius 2 is 2.19 bits per heavy atom. The van der Waals surface area contributed by atoms with Crippen molar-refractivity contribution in [3.8, 4) is 0 Å². The number of nitrogen functional groups attached to an aromatic ring is 1. The highest BCUT2D eigenvalue weighted by atomic mass is 32.2. The number of hydrogen-bond donors (Lipinski definition) is 3. The summed E-state index contributed by atoms with van der Waals surface area (Å²) in [6, 6.07) is 7.66. The van der Waals surface area contributed by atoms with Gasteiger partial charge in [-0.3, -0.25) is 5.41 Å². The molecule has 1 aromatic rings. The molecule has 0 heterocycles. The largest absolute Gasteiger partial charge is 0.392 e. The van der Waals surface area contributed by atoms with Crippen LogP contribution in [0.5, 0.6) is 0 Å². The van der Waals surface area contributed by atoms with Crippen LogP contribution < -0.4 is 5.73 Å². The van der Waals surface area contributed by atoms with Crippen molar-refractivity contribution in [3.05, 3.63) is 35.4 Å². The van der Waals surface area contributed by atoms with Crippen molar-refractivity contribution in [2.75, 3.05) is 0 Å². The third kappa shape index (κ3) is 3.87. The summed E-state index contributed by atoms with van der Waals surface area (Å²) in [5.74, 6) is 0.920. The Kier molecular flexibility index (Phi) is 4.83. The molecule has 0 fully saturated rings. The van der Waals surface area contributed by atoms with Gasteiger partial charge in [0.25, 0.3) is 0 Å². The van der Waals surface area contributed by atoms with Crippen LogP contribution >= 0.6 is 11.8 Å². The van der Waals surface area contributed by atoms with E-state index in [2.05, 4.69) is 0 Å². The second-order valence-electron chi connectivity index (χ2n) is 3.87. The van der Waals surface area contributed by atoms with Crippen LogP contribution in [0.15, 0.2) is 24.3 Å². The second kappa shape index (κ2) is 5.92. The molecule has 0 saturated heterocycles. The van der Waals surface area contributed by atoms with E-state index in [-0.39, 0.29) is 17.2 Å². The highest BCUT2D eigenvalue weighted by Crippen LogP contribution is 2.20. The van der Waals surface area contributed by atoms with Gasteiger partial charge in [-0.2, -0.15) is 11.8 Å². The van der Waals surface area contributed by atoms with Crippen LogP contribution in [0.1, 0.15) is 25.0 Å². The van der Waals surface area contributed by atoms with E-state index in [0.29, 0.717) is 0 Å². The first-order valence-corrected chi connectivity index (χ1v) is 6.28. The van der Waals surface area contributed by atoms with Gasteiger partial charge in [0.2, 0.25) is 0 Å². The van der Waals surface area contributed by atoms with Crippen molar-refractivity contribution >= 4 is 17.6 Å². The molecule has 0 radical (unpaired) electrons. The Balaban J connectivity index is 2.61. The molecular formula is C12H18N2OS. The number of rotatable bonds is 5. The minimum atomic E-state index is -0.305. The number of nitrogens with two attached hydrogens (primary N) is 1. The SMILES string of the molecule is CC(O)C(C)SCc1cccc(C(=N)N)c1. The Hall–Kier alpha value is -1.00. The van der Waals surface area contributed by atoms with Crippen LogP contribution in [0, 0.1) is 5.41 Å². The lowest BCUT2D eigenvalue weighted by Crippen LogP contribution is -2.15. The Labute approximate surface area is 101 Å². The molecule has 0 saturated carbocycles. The molecule has 0 aliphatic heterocycles. The van der Waals surface area contributed by atoms with Gasteiger partial charge >= 0.3 is 0 Å². The van der Waals surface area contributed by atoms with Crippen molar-refractivity contribution in [2.24, 2.45) is 5.73 Å². The molecule has 0 amide bonds. The zero-order valence-corrected chi connectivity index (χ0v) is 10.4. The minimum absolute atomic E-state index is 0.0930. The highest BCUT2D eigenvalue weighted by Gasteiger charge is 2.09. The summed E-state index contributed by atoms with van der Waals surface area (Å²) < 4.78 is 0. The molecule has 88 valence electrons. The van der Waals surface area contributed by atoms with Gasteiger partial charge in [-0.25, -0.2) is 0 Å². The molecule has 2 atom stereocenters. The summed E-state index contributed by atoms with van der Waals surface area (Å²) in [6.07, 6.45) is -0.305. The Bertz CT molecular complexity index is 366. The Morgan fingerprint density at radius 1 is 1.50 bits per heavy atom. The third-order valence-electron chi connectivity index (χ3n) is 2.43. The summed E-state index contributed by atoms with van der Waals surface area (Å²) in [7, 11) is 0. The fraction of sp³-hybridized carbons (Fsp3) is 0.417. The lowest BCUT2D eigenvalue weighted by atomic mass is 10.1. The molecule has 16 heavy (non-hydrogen) atoms. The zero-order chi connectivity index (χ0) is 12.1. The number of aliphatic hydroxyl groups excluding tert-OH is 1. The molecule has 4 heteroatoms. The first-order chi connectivity index (χ1) is 7.50. The summed E-state index contributed by atoms with van der Waals surface area (Å²) in [5, 5.41) is 16.9. The lowest BCUT2D eigenvalue weighted by molar-refractivity contribution is 0.196. The van der Waals surface area contributed by atoms with Gasteiger partial charge in [0, 0.05) is 16.6 Å². The van der Waals surface area contributed by atoms with E-state index < -0.39 is 0 Å². The minimum Gasteiger partial charge on any atom is -0.392 e. The van der Waals surface area contributed by atoms with Crippen molar-refractivity contribution in [3.63, 3.8) is 0 Å². The van der Waals surface area contributed by atoms with Crippen LogP contribution in [0.3, 0.4) is 0 Å². The monoisotopic (exact) mass is 238 g/mol. The third-order valence-corrected chi connectivity index (χ3v) is 3.85. The molecular weight excluding hydrogens is 220 g/mol. The number of hydrogen-bond acceptors (Lipinski definition) is 3. The molecule has 0 aliphatic rings. The van der Waals surface area contributed by atoms with Gasteiger partial charge in [-0.15, -0.1) is 0 Å². The van der Waals surface area contributed by atoms with Crippen molar-refractivity contribution in [2.45, 2.75) is 31.0 Å². The van der Waals surface area contributed by atoms with Crippen LogP contribution in [0.25, 0.3) is 0 Å². The van der Waals surface area contributed by atoms with E-state index in [0.717, 1.165) is 16.9 Å². The van der Waals surface area contributed by atoms with Crippen molar-refractivity contribution < 1.29 is 5.11 Å². The van der Waals surface area contributed by atoms with Crippen LogP contribution in [-0.2, 0) is 5.75 Å². The number of nitrogens with one attached hydrogen (secondary N) is 1. The molecule has 3 nitrogen and oxygen atoms in total. The maximum atomic E-state index is 9.37. The molecule has 0 spiro atoms. The predicted molar refractivity (Wildman–Crippen MR) is 69.9 cm³/mol. The highest BCUT2D eigenvalue weighted by molar-refractivity contribution is 7.99. The number of benzene rings is 1. The average Bonchev–Trinajstić information content (AvgIpc) is 2.26. The number of aliphatic hydroxyl groups is 1. The maximum absolute atomic E-state index is 9.37. The van der Waals surface area contributed by atoms with E-state index >= 15 is 0 Å². The normalized spacial score (nSPS) is 14.4. The van der Waals surface area contributed by atoms with Gasteiger partial charge in [-0.05, 0) is 18.6 Å². The molecule has 0 aliphatic carbocycles. The van der Waals surface area contributed by atoms with E-state index in [1.807, 2.05) is 31.2 Å². The molecule has 2 unspecified atom stereocenters. The van der Waals surface area contributed by atoms with Crippen molar-refractivity contribution in [1.29, 1.82) is 5.41 Å². The van der Waals surface area contributed by atoms with Crippen LogP contribution in [-0.4, -0.2) is 22.3 Å². The van der Waals surface area contributed by atoms with E-state index in [4.69, 9.17) is 11.1 Å².